The number of piperidine rings is 1. The first-order valence-corrected chi connectivity index (χ1v) is 8.17. The van der Waals surface area contributed by atoms with E-state index in [0.29, 0.717) is 5.92 Å². The van der Waals surface area contributed by atoms with E-state index in [1.165, 1.54) is 5.56 Å². The molecule has 1 fully saturated rings. The molecule has 1 aromatic heterocycles. The number of aryl methyl sites for hydroxylation is 1. The number of hydrogen-bond acceptors (Lipinski definition) is 3. The summed E-state index contributed by atoms with van der Waals surface area (Å²) in [5, 5.41) is 10.7. The van der Waals surface area contributed by atoms with Crippen LogP contribution in [0.2, 0.25) is 0 Å². The topological polar surface area (TPSA) is 57.6 Å². The fraction of sp³-hybridized carbons (Fsp3) is 0.500. The first kappa shape index (κ1) is 15.8. The molecule has 0 radical (unpaired) electrons. The van der Waals surface area contributed by atoms with Gasteiger partial charge in [0.1, 0.15) is 0 Å². The summed E-state index contributed by atoms with van der Waals surface area (Å²) < 4.78 is 0. The number of carboxylic acids is 1. The number of nitrogens with zero attached hydrogens (tertiary/aromatic N) is 1. The Kier molecular flexibility index (Phi) is 5.56. The minimum atomic E-state index is -0.734. The van der Waals surface area contributed by atoms with Gasteiger partial charge in [-0.05, 0) is 55.2 Å². The number of carboxylic acid groups (broad SMARTS) is 1. The molecule has 1 N–H and O–H groups in total. The van der Waals surface area contributed by atoms with Gasteiger partial charge >= 0.3 is 5.97 Å². The molecule has 0 aliphatic carbocycles. The molecule has 1 aliphatic heterocycles. The van der Waals surface area contributed by atoms with Crippen molar-refractivity contribution in [3.05, 3.63) is 28.0 Å². The van der Waals surface area contributed by atoms with Gasteiger partial charge in [-0.1, -0.05) is 0 Å². The van der Waals surface area contributed by atoms with E-state index in [1.54, 1.807) is 17.4 Å². The number of carbonyl (C=O) groups excluding carboxylic acids is 1. The van der Waals surface area contributed by atoms with Crippen molar-refractivity contribution in [3.8, 4) is 0 Å². The van der Waals surface area contributed by atoms with Crippen LogP contribution in [0.3, 0.4) is 0 Å². The highest BCUT2D eigenvalue weighted by Gasteiger charge is 2.21. The van der Waals surface area contributed by atoms with Crippen LogP contribution in [0.15, 0.2) is 17.5 Å². The fourth-order valence-corrected chi connectivity index (χ4v) is 3.40. The van der Waals surface area contributed by atoms with Gasteiger partial charge in [0.15, 0.2) is 0 Å². The molecule has 0 saturated carbocycles. The first-order valence-electron chi connectivity index (χ1n) is 7.29. The van der Waals surface area contributed by atoms with Gasteiger partial charge < -0.3 is 10.0 Å². The summed E-state index contributed by atoms with van der Waals surface area (Å²) in [6.45, 7) is 3.50. The standard InChI is InChI=1S/C16H21NO3S/c1-12-8-11-21-14(12)3-4-15(18)17-9-6-13(7-10-17)2-5-16(19)20/h3-4,8,11,13H,2,5-7,9-10H2,1H3,(H,19,20). The molecule has 0 aromatic carbocycles. The third kappa shape index (κ3) is 4.70. The predicted octanol–water partition coefficient (Wildman–Crippen LogP) is 3.17. The summed E-state index contributed by atoms with van der Waals surface area (Å²) in [7, 11) is 0. The summed E-state index contributed by atoms with van der Waals surface area (Å²) in [5.74, 6) is -0.240. The second-order valence-corrected chi connectivity index (χ2v) is 6.45. The molecule has 2 rings (SSSR count). The Morgan fingerprint density at radius 1 is 1.43 bits per heavy atom. The van der Waals surface area contributed by atoms with Gasteiger partial charge in [-0.3, -0.25) is 9.59 Å². The third-order valence-electron chi connectivity index (χ3n) is 3.97. The third-order valence-corrected chi connectivity index (χ3v) is 4.96. The number of aliphatic carboxylic acids is 1. The highest BCUT2D eigenvalue weighted by atomic mass is 32.1. The van der Waals surface area contributed by atoms with Crippen molar-refractivity contribution < 1.29 is 14.7 Å². The van der Waals surface area contributed by atoms with Crippen molar-refractivity contribution in [2.75, 3.05) is 13.1 Å². The van der Waals surface area contributed by atoms with Crippen LogP contribution < -0.4 is 0 Å². The second kappa shape index (κ2) is 7.41. The summed E-state index contributed by atoms with van der Waals surface area (Å²) in [5.41, 5.74) is 1.19. The number of hydrogen-bond donors (Lipinski definition) is 1. The Morgan fingerprint density at radius 3 is 2.71 bits per heavy atom. The van der Waals surface area contributed by atoms with Gasteiger partial charge in [0.25, 0.3) is 0 Å². The van der Waals surface area contributed by atoms with Crippen molar-refractivity contribution >= 4 is 29.3 Å². The van der Waals surface area contributed by atoms with Crippen molar-refractivity contribution in [2.24, 2.45) is 5.92 Å². The highest BCUT2D eigenvalue weighted by Crippen LogP contribution is 2.22. The zero-order valence-corrected chi connectivity index (χ0v) is 13.1. The smallest absolute Gasteiger partial charge is 0.303 e. The van der Waals surface area contributed by atoms with Crippen LogP contribution in [-0.2, 0) is 9.59 Å². The maximum absolute atomic E-state index is 12.1. The van der Waals surface area contributed by atoms with Crippen LogP contribution in [0, 0.1) is 12.8 Å². The van der Waals surface area contributed by atoms with Gasteiger partial charge in [-0.25, -0.2) is 0 Å². The second-order valence-electron chi connectivity index (χ2n) is 5.50. The lowest BCUT2D eigenvalue weighted by Crippen LogP contribution is -2.37. The molecule has 4 nitrogen and oxygen atoms in total. The van der Waals surface area contributed by atoms with E-state index in [1.807, 2.05) is 29.3 Å². The minimum Gasteiger partial charge on any atom is -0.481 e. The molecule has 1 saturated heterocycles. The molecule has 0 atom stereocenters. The number of carbonyl (C=O) groups is 2. The Hall–Kier alpha value is -1.62. The van der Waals surface area contributed by atoms with Gasteiger partial charge in [-0.15, -0.1) is 11.3 Å². The molecule has 1 aromatic rings. The molecular weight excluding hydrogens is 286 g/mol. The summed E-state index contributed by atoms with van der Waals surface area (Å²) >= 11 is 1.63. The number of rotatable bonds is 5. The number of thiophene rings is 1. The normalized spacial score (nSPS) is 16.5. The molecule has 21 heavy (non-hydrogen) atoms. The lowest BCUT2D eigenvalue weighted by Gasteiger charge is -2.31. The van der Waals surface area contributed by atoms with Gasteiger partial charge in [0.05, 0.1) is 0 Å². The molecule has 5 heteroatoms. The summed E-state index contributed by atoms with van der Waals surface area (Å²) in [6.07, 6.45) is 6.31. The van der Waals surface area contributed by atoms with Crippen LogP contribution in [0.1, 0.15) is 36.1 Å². The quantitative estimate of drug-likeness (QED) is 0.850. The van der Waals surface area contributed by atoms with Gasteiger partial charge in [0, 0.05) is 30.5 Å². The Labute approximate surface area is 129 Å². The van der Waals surface area contributed by atoms with Crippen LogP contribution in [-0.4, -0.2) is 35.0 Å². The first-order chi connectivity index (χ1) is 10.1. The SMILES string of the molecule is Cc1ccsc1C=CC(=O)N1CCC(CCC(=O)O)CC1. The minimum absolute atomic E-state index is 0.0551. The van der Waals surface area contributed by atoms with E-state index in [9.17, 15) is 9.59 Å². The molecule has 2 heterocycles. The average Bonchev–Trinajstić information content (AvgIpc) is 2.88. The molecule has 0 spiro atoms. The van der Waals surface area contributed by atoms with E-state index >= 15 is 0 Å². The van der Waals surface area contributed by atoms with Crippen molar-refractivity contribution in [2.45, 2.75) is 32.6 Å². The Bertz CT molecular complexity index is 527. The van der Waals surface area contributed by atoms with E-state index in [-0.39, 0.29) is 12.3 Å². The summed E-state index contributed by atoms with van der Waals surface area (Å²) in [4.78, 5) is 25.7. The highest BCUT2D eigenvalue weighted by molar-refractivity contribution is 7.11. The van der Waals surface area contributed by atoms with E-state index in [4.69, 9.17) is 5.11 Å². The van der Waals surface area contributed by atoms with Gasteiger partial charge in [-0.2, -0.15) is 0 Å². The van der Waals surface area contributed by atoms with Crippen LogP contribution in [0.5, 0.6) is 0 Å². The van der Waals surface area contributed by atoms with Crippen LogP contribution in [0.25, 0.3) is 6.08 Å². The molecule has 0 unspecified atom stereocenters. The predicted molar refractivity (Wildman–Crippen MR) is 84.3 cm³/mol. The summed E-state index contributed by atoms with van der Waals surface area (Å²) in [6, 6.07) is 2.04. The van der Waals surface area contributed by atoms with Crippen LogP contribution >= 0.6 is 11.3 Å². The molecular formula is C16H21NO3S. The lowest BCUT2D eigenvalue weighted by atomic mass is 9.92. The zero-order chi connectivity index (χ0) is 15.2. The maximum atomic E-state index is 12.1. The maximum Gasteiger partial charge on any atom is 0.303 e. The monoisotopic (exact) mass is 307 g/mol. The van der Waals surface area contributed by atoms with Crippen molar-refractivity contribution in [1.29, 1.82) is 0 Å². The van der Waals surface area contributed by atoms with Crippen molar-refractivity contribution in [3.63, 3.8) is 0 Å². The van der Waals surface area contributed by atoms with E-state index in [0.717, 1.165) is 37.2 Å². The number of likely N-dealkylation sites (tertiary alicyclic amines) is 1. The average molecular weight is 307 g/mol. The Morgan fingerprint density at radius 2 is 2.14 bits per heavy atom. The van der Waals surface area contributed by atoms with Crippen molar-refractivity contribution in [1.82, 2.24) is 4.90 Å². The number of amides is 1. The lowest BCUT2D eigenvalue weighted by molar-refractivity contribution is -0.137. The van der Waals surface area contributed by atoms with E-state index in [2.05, 4.69) is 0 Å². The van der Waals surface area contributed by atoms with E-state index < -0.39 is 5.97 Å². The molecule has 1 amide bonds. The van der Waals surface area contributed by atoms with Crippen LogP contribution in [0.4, 0.5) is 0 Å². The zero-order valence-electron chi connectivity index (χ0n) is 12.2. The largest absolute Gasteiger partial charge is 0.481 e. The molecule has 1 aliphatic rings. The molecule has 114 valence electrons. The van der Waals surface area contributed by atoms with Gasteiger partial charge in [0.2, 0.25) is 5.91 Å². The molecule has 0 bridgehead atoms. The fourth-order valence-electron chi connectivity index (χ4n) is 2.58. The Balaban J connectivity index is 1.79.